The largest absolute Gasteiger partial charge is 3.00 e. The molecule has 1 atom stereocenters. The molecule has 0 aliphatic rings. The SMILES string of the molecule is CC(C)c1ccc2c(c1)c1ccccc1n2-c1cccc(-n2c3ccccc3c3ccccc32)c1.CCC(CCc1c[c-]c(-c2nccn2-c2c(C)cc(C)cc2C)cc1)c1ccc2c(n1)c1ncccc1n2-c1ccc(-c2ccc(-n3c4cccnc4c4ncccc43)cc2C)c(C)c1.Cc1c[c-]c(-c2ncc(C)n2-c2c(C)cc(C)cc2C)cc1.Cc1c[c-]c(-c2nccn2-c2c(C)cc(C)cc2C)cc1.[Ir+3]. The Morgan fingerprint density at radius 3 is 1.15 bits per heavy atom. The van der Waals surface area contributed by atoms with Gasteiger partial charge in [0.2, 0.25) is 0 Å². The Bertz CT molecular complexity index is 8800. The normalized spacial score (nSPS) is 11.7. The first-order valence-corrected chi connectivity index (χ1v) is 49.6. The van der Waals surface area contributed by atoms with Gasteiger partial charge in [0.05, 0.1) is 61.6 Å². The van der Waals surface area contributed by atoms with Crippen molar-refractivity contribution in [1.29, 1.82) is 0 Å². The van der Waals surface area contributed by atoms with Crippen molar-refractivity contribution in [1.82, 2.24) is 66.9 Å². The molecule has 0 bridgehead atoms. The van der Waals surface area contributed by atoms with Crippen molar-refractivity contribution >= 4 is 87.7 Å². The minimum Gasteiger partial charge on any atom is -0.340 e. The number of pyridine rings is 4. The molecule has 0 radical (unpaired) electrons. The molecule has 0 amide bonds. The predicted octanol–water partition coefficient (Wildman–Crippen LogP) is 31.9. The Hall–Kier alpha value is -16.1. The van der Waals surface area contributed by atoms with Crippen LogP contribution in [0.3, 0.4) is 0 Å². The van der Waals surface area contributed by atoms with Gasteiger partial charge in [0.1, 0.15) is 22.1 Å². The van der Waals surface area contributed by atoms with Gasteiger partial charge in [-0.1, -0.05) is 173 Å². The molecule has 15 heteroatoms. The topological polar surface area (TPSA) is 125 Å². The number of benzene rings is 13. The molecule has 11 aromatic heterocycles. The van der Waals surface area contributed by atoms with Crippen LogP contribution in [0.1, 0.15) is 140 Å². The van der Waals surface area contributed by atoms with Crippen molar-refractivity contribution < 1.29 is 20.1 Å². The minimum absolute atomic E-state index is 0. The van der Waals surface area contributed by atoms with Gasteiger partial charge in [-0.3, -0.25) is 29.9 Å². The van der Waals surface area contributed by atoms with Crippen molar-refractivity contribution in [3.8, 4) is 85.1 Å². The zero-order valence-electron chi connectivity index (χ0n) is 84.7. The van der Waals surface area contributed by atoms with Crippen molar-refractivity contribution in [2.75, 3.05) is 0 Å². The van der Waals surface area contributed by atoms with Gasteiger partial charge in [0.25, 0.3) is 0 Å². The molecule has 0 aliphatic heterocycles. The molecule has 0 fully saturated rings. The molecule has 0 spiro atoms. The Balaban J connectivity index is 0.000000133. The van der Waals surface area contributed by atoms with Crippen molar-refractivity contribution in [2.24, 2.45) is 0 Å². The third-order valence-corrected chi connectivity index (χ3v) is 28.2. The van der Waals surface area contributed by atoms with Crippen LogP contribution in [0, 0.1) is 115 Å². The number of hydrogen-bond acceptors (Lipinski definition) is 7. The van der Waals surface area contributed by atoms with Crippen LogP contribution in [-0.4, -0.2) is 66.9 Å². The standard InChI is InChI=1S/C57H49N8.C33H26N2.C20H21N2.C19H19N2.Ir/c1-7-41(17-14-40-15-18-42(19-16-40)57-61-29-30-63(57)56-38(5)31-35(2)32-39(56)6)47-24-25-51-55(62-47)54-50(13-10-28-60-54)65(51)44-21-23-46(37(4)34-44)45-22-20-43(33-36(45)3)64-48-11-8-26-58-52(48)53-49(64)12-9-27-59-53;1-22(2)23-18-19-33-29(20-23)28-14-5-8-17-32(28)35(33)25-11-9-10-24(21-25)34-30-15-6-3-12-26(30)27-13-4-7-16-31(27)34;1-13-6-8-18(9-7-13)20-21-12-17(5)22(20)19-15(3)10-14(2)11-16(19)4;1-13-5-7-17(8-6-13)19-20-9-10-21(19)18-15(3)11-14(2)12-16(18)4;/h8-13,15-16,18,20-34,41H,7,14,17H2,1-6H3;3-22H,1-2H3;6-8,10-12H,1-5H3;5-7,9-12H,1-4H3;/q-1;;2*-1;+3. The summed E-state index contributed by atoms with van der Waals surface area (Å²) in [7, 11) is 0. The van der Waals surface area contributed by atoms with Crippen LogP contribution >= 0.6 is 0 Å². The maximum absolute atomic E-state index is 5.39. The second-order valence-electron chi connectivity index (χ2n) is 38.9. The second-order valence-corrected chi connectivity index (χ2v) is 38.9. The molecule has 0 N–H and O–H groups in total. The molecule has 0 aliphatic carbocycles. The third-order valence-electron chi connectivity index (χ3n) is 28.2. The Morgan fingerprint density at radius 1 is 0.299 bits per heavy atom. The van der Waals surface area contributed by atoms with E-state index in [4.69, 9.17) is 15.0 Å². The first-order chi connectivity index (χ1) is 69.5. The maximum Gasteiger partial charge on any atom is 3.00 e. The molecule has 24 rings (SSSR count). The van der Waals surface area contributed by atoms with E-state index in [9.17, 15) is 0 Å². The summed E-state index contributed by atoms with van der Waals surface area (Å²) in [4.78, 5) is 33.6. The number of para-hydroxylation sites is 3. The van der Waals surface area contributed by atoms with Gasteiger partial charge in [-0.15, -0.1) is 106 Å². The van der Waals surface area contributed by atoms with Crippen LogP contribution < -0.4 is 0 Å². The monoisotopic (exact) mass is 2050 g/mol. The molecule has 1 unspecified atom stereocenters. The van der Waals surface area contributed by atoms with Crippen molar-refractivity contribution in [3.63, 3.8) is 0 Å². The summed E-state index contributed by atoms with van der Waals surface area (Å²) in [5.41, 5.74) is 47.5. The Labute approximate surface area is 856 Å². The number of imidazole rings is 3. The van der Waals surface area contributed by atoms with Crippen LogP contribution in [0.5, 0.6) is 0 Å². The summed E-state index contributed by atoms with van der Waals surface area (Å²) in [5.74, 6) is 3.59. The number of hydrogen-bond donors (Lipinski definition) is 0. The van der Waals surface area contributed by atoms with Crippen LogP contribution in [0.4, 0.5) is 0 Å². The molecule has 144 heavy (non-hydrogen) atoms. The van der Waals surface area contributed by atoms with Gasteiger partial charge >= 0.3 is 20.1 Å². The average Bonchev–Trinajstić information content (AvgIpc) is 1.58. The number of aryl methyl sites for hydroxylation is 15. The van der Waals surface area contributed by atoms with Gasteiger partial charge < -0.3 is 32.0 Å². The van der Waals surface area contributed by atoms with Crippen LogP contribution in [0.2, 0.25) is 0 Å². The smallest absolute Gasteiger partial charge is 0.340 e. The second kappa shape index (κ2) is 40.1. The third kappa shape index (κ3) is 18.1. The molecule has 0 saturated heterocycles. The van der Waals surface area contributed by atoms with Crippen molar-refractivity contribution in [3.05, 3.63) is 454 Å². The fourth-order valence-corrected chi connectivity index (χ4v) is 21.8. The Morgan fingerprint density at radius 2 is 0.701 bits per heavy atom. The Kier molecular flexibility index (Phi) is 26.6. The maximum atomic E-state index is 5.39. The fraction of sp³-hybridized carbons (Fsp3) is 0.171. The molecule has 11 heterocycles. The minimum atomic E-state index is 0. The van der Waals surface area contributed by atoms with E-state index >= 15 is 0 Å². The molecule has 710 valence electrons. The summed E-state index contributed by atoms with van der Waals surface area (Å²) < 4.78 is 16.0. The zero-order valence-corrected chi connectivity index (χ0v) is 87.1. The first kappa shape index (κ1) is 95.5. The van der Waals surface area contributed by atoms with E-state index in [1.807, 2.05) is 79.9 Å². The summed E-state index contributed by atoms with van der Waals surface area (Å²) in [6.07, 6.45) is 18.2. The number of fused-ring (bicyclic) bond motifs is 12. The summed E-state index contributed by atoms with van der Waals surface area (Å²) in [5, 5.41) is 5.18. The van der Waals surface area contributed by atoms with Crippen molar-refractivity contribution in [2.45, 2.75) is 149 Å². The summed E-state index contributed by atoms with van der Waals surface area (Å²) in [6.45, 7) is 36.8. The summed E-state index contributed by atoms with van der Waals surface area (Å²) in [6, 6.07) is 115. The van der Waals surface area contributed by atoms with Crippen LogP contribution in [0.25, 0.3) is 173 Å². The van der Waals surface area contributed by atoms with E-state index < -0.39 is 0 Å². The van der Waals surface area contributed by atoms with Crippen LogP contribution in [0.15, 0.2) is 341 Å². The molecular formula is C129H115IrN14. The van der Waals surface area contributed by atoms with E-state index in [0.717, 1.165) is 120 Å². The molecule has 13 aromatic carbocycles. The predicted molar refractivity (Wildman–Crippen MR) is 592 cm³/mol. The van der Waals surface area contributed by atoms with Gasteiger partial charge in [-0.25, -0.2) is 4.98 Å². The van der Waals surface area contributed by atoms with Gasteiger partial charge in [0.15, 0.2) is 0 Å². The van der Waals surface area contributed by atoms with E-state index in [1.165, 1.54) is 167 Å². The molecule has 24 aromatic rings. The summed E-state index contributed by atoms with van der Waals surface area (Å²) >= 11 is 0. The van der Waals surface area contributed by atoms with Gasteiger partial charge in [-0.2, -0.15) is 0 Å². The van der Waals surface area contributed by atoms with E-state index in [2.05, 4.69) is 449 Å². The van der Waals surface area contributed by atoms with Crippen LogP contribution in [-0.2, 0) is 26.5 Å². The number of nitrogens with zero attached hydrogens (tertiary/aromatic N) is 14. The molecular weight excluding hydrogens is 1940 g/mol. The average molecular weight is 2050 g/mol. The number of rotatable bonds is 17. The van der Waals surface area contributed by atoms with Gasteiger partial charge in [0, 0.05) is 128 Å². The van der Waals surface area contributed by atoms with Gasteiger partial charge in [-0.05, 0) is 284 Å². The molecule has 0 saturated carbocycles. The fourth-order valence-electron chi connectivity index (χ4n) is 21.8. The van der Waals surface area contributed by atoms with E-state index in [-0.39, 0.29) is 20.1 Å². The molecule has 14 nitrogen and oxygen atoms in total. The van der Waals surface area contributed by atoms with E-state index in [1.54, 1.807) is 0 Å². The quantitative estimate of drug-likeness (QED) is 0.0831. The van der Waals surface area contributed by atoms with E-state index in [0.29, 0.717) is 11.8 Å². The first-order valence-electron chi connectivity index (χ1n) is 49.6. The number of aromatic nitrogens is 14. The zero-order chi connectivity index (χ0) is 98.7.